The molecule has 37 heavy (non-hydrogen) atoms. The number of aliphatic hydroxyl groups is 1. The number of hydrogen-bond donors (Lipinski definition) is 1. The summed E-state index contributed by atoms with van der Waals surface area (Å²) in [7, 11) is 2.97. The Morgan fingerprint density at radius 2 is 1.49 bits per heavy atom. The molecule has 1 aliphatic heterocycles. The fourth-order valence-electron chi connectivity index (χ4n) is 4.96. The number of ether oxygens (including phenoxy) is 2. The number of nitrogens with zero attached hydrogens (tertiary/aromatic N) is 2. The lowest BCUT2D eigenvalue weighted by molar-refractivity contribution is -0.120. The lowest BCUT2D eigenvalue weighted by atomic mass is 9.72. The van der Waals surface area contributed by atoms with Gasteiger partial charge in [0, 0.05) is 22.8 Å². The summed E-state index contributed by atoms with van der Waals surface area (Å²) in [6.07, 6.45) is 0. The van der Waals surface area contributed by atoms with Crippen LogP contribution < -0.4 is 14.5 Å². The maximum absolute atomic E-state index is 13.8. The molecule has 0 radical (unpaired) electrons. The van der Waals surface area contributed by atoms with Crippen LogP contribution in [0.4, 0.5) is 5.69 Å². The number of benzene rings is 3. The smallest absolute Gasteiger partial charge is 0.257 e. The Hall–Kier alpha value is -4.72. The minimum Gasteiger partial charge on any atom is -0.507 e. The lowest BCUT2D eigenvalue weighted by Crippen LogP contribution is -2.36. The molecule has 1 amide bonds. The summed E-state index contributed by atoms with van der Waals surface area (Å²) in [5.41, 5.74) is 1.70. The van der Waals surface area contributed by atoms with Crippen LogP contribution in [0.3, 0.4) is 0 Å². The molecule has 2 unspecified atom stereocenters. The van der Waals surface area contributed by atoms with E-state index in [2.05, 4.69) is 5.10 Å². The van der Waals surface area contributed by atoms with Crippen LogP contribution >= 0.6 is 0 Å². The first kappa shape index (κ1) is 24.0. The molecule has 0 fully saturated rings. The summed E-state index contributed by atoms with van der Waals surface area (Å²) in [5, 5.41) is 17.2. The quantitative estimate of drug-likeness (QED) is 0.502. The van der Waals surface area contributed by atoms with Crippen molar-refractivity contribution in [2.75, 3.05) is 19.2 Å². The Morgan fingerprint density at radius 1 is 0.838 bits per heavy atom. The molecule has 1 heterocycles. The van der Waals surface area contributed by atoms with E-state index in [-0.39, 0.29) is 28.4 Å². The second-order valence-corrected chi connectivity index (χ2v) is 8.76. The van der Waals surface area contributed by atoms with Crippen LogP contribution in [0.5, 0.6) is 11.5 Å². The summed E-state index contributed by atoms with van der Waals surface area (Å²) in [6.45, 7) is 1.69. The van der Waals surface area contributed by atoms with Gasteiger partial charge in [-0.1, -0.05) is 48.5 Å². The zero-order valence-electron chi connectivity index (χ0n) is 20.5. The number of amides is 1. The summed E-state index contributed by atoms with van der Waals surface area (Å²) >= 11 is 0. The molecule has 1 aliphatic carbocycles. The molecule has 8 heteroatoms. The molecule has 1 N–H and O–H groups in total. The van der Waals surface area contributed by atoms with Crippen LogP contribution in [-0.2, 0) is 9.59 Å². The van der Waals surface area contributed by atoms with Crippen molar-refractivity contribution in [3.63, 3.8) is 0 Å². The molecule has 3 aromatic rings. The highest BCUT2D eigenvalue weighted by atomic mass is 16.5. The lowest BCUT2D eigenvalue weighted by Gasteiger charge is -2.29. The van der Waals surface area contributed by atoms with Crippen LogP contribution in [0.15, 0.2) is 83.5 Å². The number of fused-ring (bicyclic) bond motifs is 1. The number of methoxy groups -OCH3 is 2. The number of aliphatic hydroxyl groups excluding tert-OH is 1. The summed E-state index contributed by atoms with van der Waals surface area (Å²) < 4.78 is 10.8. The molecule has 0 aromatic heterocycles. The number of Topliss-reactive ketones (excluding diaryl/α,β-unsaturated/α-hetero) is 2. The molecule has 0 saturated carbocycles. The van der Waals surface area contributed by atoms with E-state index in [4.69, 9.17) is 9.47 Å². The number of carbonyl (C=O) groups excluding carboxylic acids is 3. The zero-order chi connectivity index (χ0) is 26.3. The van der Waals surface area contributed by atoms with Crippen molar-refractivity contribution >= 4 is 34.6 Å². The predicted octanol–water partition coefficient (Wildman–Crippen LogP) is 4.56. The van der Waals surface area contributed by atoms with E-state index in [1.165, 1.54) is 25.3 Å². The average Bonchev–Trinajstić information content (AvgIpc) is 3.23. The number of ketones is 2. The third-order valence-electron chi connectivity index (χ3n) is 6.73. The van der Waals surface area contributed by atoms with Crippen LogP contribution in [0.25, 0.3) is 5.76 Å². The van der Waals surface area contributed by atoms with Gasteiger partial charge in [-0.15, -0.1) is 0 Å². The Morgan fingerprint density at radius 3 is 2.16 bits per heavy atom. The molecule has 0 saturated heterocycles. The number of hydrazone groups is 1. The van der Waals surface area contributed by atoms with Crippen molar-refractivity contribution in [2.45, 2.75) is 12.8 Å². The van der Waals surface area contributed by atoms with Crippen LogP contribution in [0.2, 0.25) is 0 Å². The average molecular weight is 497 g/mol. The molecule has 2 aliphatic rings. The van der Waals surface area contributed by atoms with Gasteiger partial charge < -0.3 is 14.6 Å². The van der Waals surface area contributed by atoms with Gasteiger partial charge in [0.2, 0.25) is 11.6 Å². The summed E-state index contributed by atoms with van der Waals surface area (Å²) in [6, 6.07) is 20.3. The van der Waals surface area contributed by atoms with Crippen LogP contribution in [-0.4, -0.2) is 42.5 Å². The molecule has 0 spiro atoms. The summed E-state index contributed by atoms with van der Waals surface area (Å²) in [5.74, 6) is -3.48. The van der Waals surface area contributed by atoms with E-state index in [0.717, 1.165) is 0 Å². The van der Waals surface area contributed by atoms with E-state index in [0.29, 0.717) is 28.5 Å². The van der Waals surface area contributed by atoms with Gasteiger partial charge in [0.05, 0.1) is 31.4 Å². The molecule has 8 nitrogen and oxygen atoms in total. The number of carbonyl (C=O) groups is 3. The highest BCUT2D eigenvalue weighted by Gasteiger charge is 2.47. The fraction of sp³-hybridized carbons (Fsp3) is 0.172. The minimum atomic E-state index is -1.02. The first-order chi connectivity index (χ1) is 17.9. The van der Waals surface area contributed by atoms with E-state index in [9.17, 15) is 19.5 Å². The fourth-order valence-corrected chi connectivity index (χ4v) is 4.96. The highest BCUT2D eigenvalue weighted by molar-refractivity contribution is 6.52. The van der Waals surface area contributed by atoms with Crippen molar-refractivity contribution in [2.24, 2.45) is 11.0 Å². The van der Waals surface area contributed by atoms with Gasteiger partial charge in [-0.25, -0.2) is 5.01 Å². The molecular weight excluding hydrogens is 472 g/mol. The Bertz CT molecular complexity index is 1490. The molecule has 2 atom stereocenters. The van der Waals surface area contributed by atoms with Crippen molar-refractivity contribution in [3.8, 4) is 11.5 Å². The molecule has 0 bridgehead atoms. The van der Waals surface area contributed by atoms with Crippen molar-refractivity contribution in [1.82, 2.24) is 0 Å². The van der Waals surface area contributed by atoms with E-state index >= 15 is 0 Å². The Balaban J connectivity index is 1.73. The van der Waals surface area contributed by atoms with Gasteiger partial charge in [-0.3, -0.25) is 14.4 Å². The standard InChI is InChI=1S/C29H24N2O6/c1-16-23(29(35)31(30-16)18-9-5-4-6-10-18)24(17-13-14-21(36-2)22(15-17)37-3)25-26(32)19-11-7-8-12-20(19)27(33)28(25)34/h4-15,23-24,32H,1-3H3. The van der Waals surface area contributed by atoms with Gasteiger partial charge in [-0.2, -0.15) is 5.10 Å². The highest BCUT2D eigenvalue weighted by Crippen LogP contribution is 2.45. The molecule has 5 rings (SSSR count). The third kappa shape index (κ3) is 3.87. The first-order valence-electron chi connectivity index (χ1n) is 11.6. The molecule has 3 aromatic carbocycles. The maximum Gasteiger partial charge on any atom is 0.257 e. The monoisotopic (exact) mass is 496 g/mol. The van der Waals surface area contributed by atoms with Crippen molar-refractivity contribution in [1.29, 1.82) is 0 Å². The third-order valence-corrected chi connectivity index (χ3v) is 6.73. The predicted molar refractivity (Wildman–Crippen MR) is 138 cm³/mol. The number of anilines is 1. The van der Waals surface area contributed by atoms with Gasteiger partial charge in [-0.05, 0) is 36.8 Å². The van der Waals surface area contributed by atoms with Gasteiger partial charge in [0.15, 0.2) is 11.5 Å². The first-order valence-corrected chi connectivity index (χ1v) is 11.6. The second-order valence-electron chi connectivity index (χ2n) is 8.76. The van der Waals surface area contributed by atoms with Crippen molar-refractivity contribution in [3.05, 3.63) is 95.1 Å². The van der Waals surface area contributed by atoms with Crippen LogP contribution in [0, 0.1) is 5.92 Å². The Kier molecular flexibility index (Phi) is 6.09. The number of hydrogen-bond acceptors (Lipinski definition) is 7. The molecule has 186 valence electrons. The van der Waals surface area contributed by atoms with Gasteiger partial charge >= 0.3 is 0 Å². The van der Waals surface area contributed by atoms with E-state index in [1.807, 2.05) is 6.07 Å². The minimum absolute atomic E-state index is 0.119. The maximum atomic E-state index is 13.8. The van der Waals surface area contributed by atoms with E-state index < -0.39 is 23.4 Å². The normalized spacial score (nSPS) is 18.0. The van der Waals surface area contributed by atoms with Crippen LogP contribution in [0.1, 0.15) is 34.3 Å². The Labute approximate surface area is 213 Å². The van der Waals surface area contributed by atoms with E-state index in [1.54, 1.807) is 67.6 Å². The number of allylic oxidation sites excluding steroid dienone is 1. The number of rotatable bonds is 6. The second kappa shape index (κ2) is 9.39. The van der Waals surface area contributed by atoms with Gasteiger partial charge in [0.1, 0.15) is 5.76 Å². The van der Waals surface area contributed by atoms with Gasteiger partial charge in [0.25, 0.3) is 5.91 Å². The number of para-hydroxylation sites is 1. The molecular formula is C29H24N2O6. The topological polar surface area (TPSA) is 106 Å². The van der Waals surface area contributed by atoms with Crippen molar-refractivity contribution < 1.29 is 29.0 Å². The SMILES string of the molecule is COc1ccc(C(C2=C(O)c3ccccc3C(=O)C2=O)C2C(=O)N(c3ccccc3)N=C2C)cc1OC. The largest absolute Gasteiger partial charge is 0.507 e. The zero-order valence-corrected chi connectivity index (χ0v) is 20.5. The summed E-state index contributed by atoms with van der Waals surface area (Å²) in [4.78, 5) is 40.5.